The number of amides is 1. The van der Waals surface area contributed by atoms with E-state index in [-0.39, 0.29) is 16.5 Å². The van der Waals surface area contributed by atoms with Crippen molar-refractivity contribution >= 4 is 38.4 Å². The molecular weight excluding hydrogens is 435 g/mol. The molecule has 0 fully saturated rings. The lowest BCUT2D eigenvalue weighted by Crippen LogP contribution is -2.31. The number of rotatable bonds is 5. The third-order valence-electron chi connectivity index (χ3n) is 5.18. The van der Waals surface area contributed by atoms with Crippen LogP contribution in [0.25, 0.3) is 10.2 Å². The van der Waals surface area contributed by atoms with E-state index in [1.54, 1.807) is 30.3 Å². The average molecular weight is 450 g/mol. The monoisotopic (exact) mass is 450 g/mol. The summed E-state index contributed by atoms with van der Waals surface area (Å²) in [5.41, 5.74) is 0.816. The Kier molecular flexibility index (Phi) is 4.75. The Hall–Kier alpha value is -3.98. The maximum Gasteiger partial charge on any atom is 0.296 e. The number of halogens is 1. The van der Waals surface area contributed by atoms with E-state index in [1.165, 1.54) is 42.5 Å². The van der Waals surface area contributed by atoms with Gasteiger partial charge in [-0.1, -0.05) is 29.5 Å². The summed E-state index contributed by atoms with van der Waals surface area (Å²) < 4.78 is 24.9. The Morgan fingerprint density at radius 2 is 2.03 bits per heavy atom. The first-order valence-corrected chi connectivity index (χ1v) is 10.3. The number of Topliss-reactive ketones (excluding diaryl/α,β-unsaturated/α-hetero) is 1. The number of ketones is 1. The van der Waals surface area contributed by atoms with Crippen LogP contribution >= 0.6 is 11.3 Å². The number of furan rings is 1. The molecule has 1 atom stereocenters. The van der Waals surface area contributed by atoms with E-state index >= 15 is 0 Å². The van der Waals surface area contributed by atoms with Crippen LogP contribution in [0.2, 0.25) is 0 Å². The number of nitrogens with zero attached hydrogens (tertiary/aromatic N) is 2. The molecule has 1 N–H and O–H groups in total. The molecule has 0 bridgehead atoms. The number of carbonyl (C=O) groups excluding carboxylic acids is 2. The fourth-order valence-electron chi connectivity index (χ4n) is 3.75. The van der Waals surface area contributed by atoms with Crippen LogP contribution in [0.15, 0.2) is 76.6 Å². The maximum absolute atomic E-state index is 13.7. The number of fused-ring (bicyclic) bond motifs is 1. The van der Waals surface area contributed by atoms with E-state index in [4.69, 9.17) is 9.15 Å². The van der Waals surface area contributed by atoms with Gasteiger partial charge >= 0.3 is 0 Å². The van der Waals surface area contributed by atoms with Crippen molar-refractivity contribution in [1.29, 1.82) is 0 Å². The van der Waals surface area contributed by atoms with Crippen molar-refractivity contribution in [2.75, 3.05) is 12.0 Å². The Bertz CT molecular complexity index is 1390. The number of thiazole rings is 1. The molecule has 4 aromatic rings. The number of aliphatic hydroxyl groups excluding tert-OH is 1. The number of para-hydroxylation sites is 1. The molecule has 0 spiro atoms. The van der Waals surface area contributed by atoms with Gasteiger partial charge in [0.05, 0.1) is 29.2 Å². The van der Waals surface area contributed by atoms with Crippen molar-refractivity contribution in [3.8, 4) is 5.75 Å². The first-order chi connectivity index (χ1) is 15.5. The molecule has 1 aliphatic heterocycles. The standard InChI is InChI=1S/C23H15FN2O5S/c1-30-15-6-3-2-5-13(15)19-18(20(27)16-7-4-10-31-16)21(28)22(29)26(19)23-25-14-9-8-12(24)11-17(14)32-23/h2-11,19,28H,1H3. The van der Waals surface area contributed by atoms with E-state index in [9.17, 15) is 19.1 Å². The number of methoxy groups -OCH3 is 1. The number of benzene rings is 2. The molecule has 1 unspecified atom stereocenters. The molecule has 2 aromatic carbocycles. The number of ether oxygens (including phenoxy) is 1. The Morgan fingerprint density at radius 3 is 2.78 bits per heavy atom. The third kappa shape index (κ3) is 3.05. The molecule has 2 aromatic heterocycles. The highest BCUT2D eigenvalue weighted by atomic mass is 32.1. The molecule has 0 aliphatic carbocycles. The summed E-state index contributed by atoms with van der Waals surface area (Å²) in [6, 6.07) is 12.9. The number of hydrogen-bond acceptors (Lipinski definition) is 7. The Balaban J connectivity index is 1.72. The van der Waals surface area contributed by atoms with Gasteiger partial charge in [0.15, 0.2) is 16.7 Å². The number of carbonyl (C=O) groups is 2. The predicted octanol–water partition coefficient (Wildman–Crippen LogP) is 4.82. The van der Waals surface area contributed by atoms with Gasteiger partial charge in [0.25, 0.3) is 5.91 Å². The highest BCUT2D eigenvalue weighted by Crippen LogP contribution is 2.46. The minimum absolute atomic E-state index is 0.0209. The van der Waals surface area contributed by atoms with Gasteiger partial charge in [-0.25, -0.2) is 9.37 Å². The van der Waals surface area contributed by atoms with Crippen molar-refractivity contribution in [2.24, 2.45) is 0 Å². The molecule has 5 rings (SSSR count). The van der Waals surface area contributed by atoms with Gasteiger partial charge in [-0.2, -0.15) is 0 Å². The SMILES string of the molecule is COc1ccccc1C1C(C(=O)c2ccco2)=C(O)C(=O)N1c1nc2ccc(F)cc2s1. The molecule has 0 saturated carbocycles. The van der Waals surface area contributed by atoms with Crippen LogP contribution in [0.1, 0.15) is 22.2 Å². The molecule has 0 radical (unpaired) electrons. The van der Waals surface area contributed by atoms with Crippen LogP contribution in [0.4, 0.5) is 9.52 Å². The minimum atomic E-state index is -1.03. The van der Waals surface area contributed by atoms with E-state index in [2.05, 4.69) is 4.98 Å². The summed E-state index contributed by atoms with van der Waals surface area (Å²) in [5, 5.41) is 11.0. The number of aliphatic hydroxyl groups is 1. The summed E-state index contributed by atoms with van der Waals surface area (Å²) in [6.45, 7) is 0. The van der Waals surface area contributed by atoms with Crippen molar-refractivity contribution in [2.45, 2.75) is 6.04 Å². The molecule has 3 heterocycles. The maximum atomic E-state index is 13.7. The fraction of sp³-hybridized carbons (Fsp3) is 0.0870. The number of hydrogen-bond donors (Lipinski definition) is 1. The number of aromatic nitrogens is 1. The lowest BCUT2D eigenvalue weighted by atomic mass is 9.94. The summed E-state index contributed by atoms with van der Waals surface area (Å²) in [5.74, 6) is -2.17. The molecule has 32 heavy (non-hydrogen) atoms. The fourth-order valence-corrected chi connectivity index (χ4v) is 4.77. The second-order valence-electron chi connectivity index (χ2n) is 7.00. The smallest absolute Gasteiger partial charge is 0.296 e. The van der Waals surface area contributed by atoms with Crippen LogP contribution in [0, 0.1) is 5.82 Å². The van der Waals surface area contributed by atoms with Gasteiger partial charge in [0, 0.05) is 5.56 Å². The Morgan fingerprint density at radius 1 is 1.22 bits per heavy atom. The molecule has 7 nitrogen and oxygen atoms in total. The summed E-state index contributed by atoms with van der Waals surface area (Å²) in [7, 11) is 1.47. The summed E-state index contributed by atoms with van der Waals surface area (Å²) in [6.07, 6.45) is 1.33. The molecule has 1 aliphatic rings. The first kappa shape index (κ1) is 20.0. The predicted molar refractivity (Wildman–Crippen MR) is 115 cm³/mol. The molecule has 9 heteroatoms. The van der Waals surface area contributed by atoms with Gasteiger partial charge in [0.2, 0.25) is 5.78 Å². The van der Waals surface area contributed by atoms with Gasteiger partial charge in [-0.05, 0) is 36.4 Å². The average Bonchev–Trinajstić information content (AvgIpc) is 3.52. The van der Waals surface area contributed by atoms with Crippen LogP contribution < -0.4 is 9.64 Å². The normalized spacial score (nSPS) is 16.2. The van der Waals surface area contributed by atoms with Crippen molar-refractivity contribution in [3.63, 3.8) is 0 Å². The summed E-state index contributed by atoms with van der Waals surface area (Å²) >= 11 is 1.08. The molecule has 160 valence electrons. The van der Waals surface area contributed by atoms with Crippen molar-refractivity contribution in [3.05, 3.63) is 89.3 Å². The highest BCUT2D eigenvalue weighted by molar-refractivity contribution is 7.22. The summed E-state index contributed by atoms with van der Waals surface area (Å²) in [4.78, 5) is 32.1. The lowest BCUT2D eigenvalue weighted by molar-refractivity contribution is -0.117. The van der Waals surface area contributed by atoms with Crippen LogP contribution in [0.5, 0.6) is 5.75 Å². The van der Waals surface area contributed by atoms with Crippen LogP contribution in [-0.2, 0) is 4.79 Å². The van der Waals surface area contributed by atoms with Gasteiger partial charge < -0.3 is 14.3 Å². The zero-order chi connectivity index (χ0) is 22.4. The largest absolute Gasteiger partial charge is 0.503 e. The second-order valence-corrected chi connectivity index (χ2v) is 8.01. The topological polar surface area (TPSA) is 92.9 Å². The van der Waals surface area contributed by atoms with Gasteiger partial charge in [0.1, 0.15) is 17.6 Å². The zero-order valence-electron chi connectivity index (χ0n) is 16.6. The lowest BCUT2D eigenvalue weighted by Gasteiger charge is -2.25. The van der Waals surface area contributed by atoms with Crippen molar-refractivity contribution < 1.29 is 28.2 Å². The van der Waals surface area contributed by atoms with E-state index in [1.807, 2.05) is 0 Å². The quantitative estimate of drug-likeness (QED) is 0.438. The first-order valence-electron chi connectivity index (χ1n) is 9.53. The second kappa shape index (κ2) is 7.61. The van der Waals surface area contributed by atoms with E-state index < -0.39 is 29.3 Å². The molecule has 0 saturated heterocycles. The Labute approximate surface area is 185 Å². The molecular formula is C23H15FN2O5S. The van der Waals surface area contributed by atoms with Crippen molar-refractivity contribution in [1.82, 2.24) is 4.98 Å². The van der Waals surface area contributed by atoms with E-state index in [0.29, 0.717) is 21.5 Å². The van der Waals surface area contributed by atoms with Gasteiger partial charge in [-0.15, -0.1) is 0 Å². The minimum Gasteiger partial charge on any atom is -0.503 e. The van der Waals surface area contributed by atoms with E-state index in [0.717, 1.165) is 11.3 Å². The third-order valence-corrected chi connectivity index (χ3v) is 6.19. The van der Waals surface area contributed by atoms with Crippen LogP contribution in [-0.4, -0.2) is 28.9 Å². The van der Waals surface area contributed by atoms with Crippen LogP contribution in [0.3, 0.4) is 0 Å². The molecule has 1 amide bonds. The van der Waals surface area contributed by atoms with Gasteiger partial charge in [-0.3, -0.25) is 14.5 Å². The number of anilines is 1. The zero-order valence-corrected chi connectivity index (χ0v) is 17.4. The highest BCUT2D eigenvalue weighted by Gasteiger charge is 2.47.